The first-order chi connectivity index (χ1) is 16.5. The number of aromatic nitrogens is 2. The van der Waals surface area contributed by atoms with Gasteiger partial charge in [0.25, 0.3) is 0 Å². The summed E-state index contributed by atoms with van der Waals surface area (Å²) in [5.41, 5.74) is 6.92. The number of amides is 1. The Labute approximate surface area is 207 Å². The number of halogens is 2. The van der Waals surface area contributed by atoms with E-state index in [1.54, 1.807) is 18.2 Å². The van der Waals surface area contributed by atoms with E-state index >= 15 is 0 Å². The second kappa shape index (κ2) is 9.49. The van der Waals surface area contributed by atoms with Crippen LogP contribution in [-0.4, -0.2) is 15.9 Å². The number of nitrogens with one attached hydrogen (secondary N) is 2. The molecular formula is C28H23Cl2N3O. The Bertz CT molecular complexity index is 1500. The number of hydrogen-bond acceptors (Lipinski definition) is 2. The first-order valence-corrected chi connectivity index (χ1v) is 12.0. The molecule has 0 atom stereocenters. The number of rotatable bonds is 6. The molecule has 5 rings (SSSR count). The summed E-state index contributed by atoms with van der Waals surface area (Å²) in [5.74, 6) is -0.0697. The van der Waals surface area contributed by atoms with Crippen LogP contribution in [0.1, 0.15) is 24.0 Å². The van der Waals surface area contributed by atoms with Crippen LogP contribution in [0, 0.1) is 6.92 Å². The van der Waals surface area contributed by atoms with Gasteiger partial charge in [-0.15, -0.1) is 0 Å². The van der Waals surface area contributed by atoms with Gasteiger partial charge in [0, 0.05) is 38.4 Å². The number of aryl methyl sites for hydroxylation is 2. The van der Waals surface area contributed by atoms with Gasteiger partial charge in [0.15, 0.2) is 0 Å². The Morgan fingerprint density at radius 1 is 0.971 bits per heavy atom. The van der Waals surface area contributed by atoms with E-state index in [4.69, 9.17) is 28.2 Å². The largest absolute Gasteiger partial charge is 0.353 e. The monoisotopic (exact) mass is 487 g/mol. The number of benzene rings is 3. The topological polar surface area (TPSA) is 57.8 Å². The van der Waals surface area contributed by atoms with Gasteiger partial charge in [0.2, 0.25) is 5.91 Å². The predicted molar refractivity (Wildman–Crippen MR) is 142 cm³/mol. The van der Waals surface area contributed by atoms with Crippen LogP contribution in [0.3, 0.4) is 0 Å². The van der Waals surface area contributed by atoms with Crippen molar-refractivity contribution in [3.8, 4) is 11.4 Å². The van der Waals surface area contributed by atoms with E-state index in [0.29, 0.717) is 28.6 Å². The van der Waals surface area contributed by atoms with Crippen molar-refractivity contribution in [3.05, 3.63) is 94.0 Å². The third kappa shape index (κ3) is 4.79. The molecule has 4 nitrogen and oxygen atoms in total. The number of carbonyl (C=O) groups is 1. The highest BCUT2D eigenvalue weighted by Crippen LogP contribution is 2.32. The molecule has 0 saturated heterocycles. The highest BCUT2D eigenvalue weighted by molar-refractivity contribution is 6.35. The number of fused-ring (bicyclic) bond motifs is 2. The van der Waals surface area contributed by atoms with E-state index in [-0.39, 0.29) is 5.91 Å². The number of aromatic amines is 1. The molecule has 2 heterocycles. The number of para-hydroxylation sites is 1. The first kappa shape index (κ1) is 22.5. The summed E-state index contributed by atoms with van der Waals surface area (Å²) in [7, 11) is 0. The van der Waals surface area contributed by atoms with Crippen LogP contribution >= 0.6 is 23.2 Å². The minimum atomic E-state index is -0.0697. The lowest BCUT2D eigenvalue weighted by Crippen LogP contribution is -2.11. The lowest BCUT2D eigenvalue weighted by atomic mass is 10.0. The number of nitrogens with zero attached hydrogens (tertiary/aromatic N) is 1. The molecule has 0 aliphatic heterocycles. The molecule has 2 aromatic heterocycles. The van der Waals surface area contributed by atoms with Crippen molar-refractivity contribution in [3.63, 3.8) is 0 Å². The highest BCUT2D eigenvalue weighted by Gasteiger charge is 2.15. The lowest BCUT2D eigenvalue weighted by Gasteiger charge is -2.08. The SMILES string of the molecule is Cc1ccc2[nH]c(-c3ccc4ccccc4n3)c(CCCC(=O)Nc3cc(Cl)cc(Cl)c3)c2c1. The molecule has 170 valence electrons. The summed E-state index contributed by atoms with van der Waals surface area (Å²) < 4.78 is 0. The predicted octanol–water partition coefficient (Wildman–Crippen LogP) is 7.96. The fourth-order valence-corrected chi connectivity index (χ4v) is 4.85. The van der Waals surface area contributed by atoms with Crippen molar-refractivity contribution in [2.24, 2.45) is 0 Å². The van der Waals surface area contributed by atoms with E-state index in [9.17, 15) is 4.79 Å². The number of pyridine rings is 1. The van der Waals surface area contributed by atoms with Crippen molar-refractivity contribution < 1.29 is 4.79 Å². The maximum atomic E-state index is 12.6. The van der Waals surface area contributed by atoms with Crippen LogP contribution in [-0.2, 0) is 11.2 Å². The zero-order valence-electron chi connectivity index (χ0n) is 18.7. The molecule has 6 heteroatoms. The Balaban J connectivity index is 1.40. The van der Waals surface area contributed by atoms with Crippen molar-refractivity contribution >= 4 is 56.6 Å². The van der Waals surface area contributed by atoms with Gasteiger partial charge >= 0.3 is 0 Å². The van der Waals surface area contributed by atoms with E-state index in [1.165, 1.54) is 16.5 Å². The average Bonchev–Trinajstić information content (AvgIpc) is 3.15. The molecule has 0 aliphatic rings. The van der Waals surface area contributed by atoms with Crippen molar-refractivity contribution in [2.45, 2.75) is 26.2 Å². The Hall–Kier alpha value is -3.34. The molecule has 0 fully saturated rings. The molecule has 5 aromatic rings. The van der Waals surface area contributed by atoms with Crippen LogP contribution < -0.4 is 5.32 Å². The second-order valence-corrected chi connectivity index (χ2v) is 9.35. The summed E-state index contributed by atoms with van der Waals surface area (Å²) >= 11 is 12.1. The minimum absolute atomic E-state index is 0.0697. The fourth-order valence-electron chi connectivity index (χ4n) is 4.32. The molecule has 0 bridgehead atoms. The third-order valence-corrected chi connectivity index (χ3v) is 6.33. The molecule has 1 amide bonds. The smallest absolute Gasteiger partial charge is 0.224 e. The van der Waals surface area contributed by atoms with Gasteiger partial charge in [-0.3, -0.25) is 4.79 Å². The maximum Gasteiger partial charge on any atom is 0.224 e. The first-order valence-electron chi connectivity index (χ1n) is 11.2. The van der Waals surface area contributed by atoms with E-state index in [1.807, 2.05) is 18.2 Å². The van der Waals surface area contributed by atoms with Crippen LogP contribution in [0.4, 0.5) is 5.69 Å². The molecule has 0 spiro atoms. The fraction of sp³-hybridized carbons (Fsp3) is 0.143. The molecule has 3 aromatic carbocycles. The minimum Gasteiger partial charge on any atom is -0.353 e. The number of carbonyl (C=O) groups excluding carboxylic acids is 1. The second-order valence-electron chi connectivity index (χ2n) is 8.48. The zero-order valence-corrected chi connectivity index (χ0v) is 20.2. The van der Waals surface area contributed by atoms with Crippen LogP contribution in [0.25, 0.3) is 33.2 Å². The molecule has 2 N–H and O–H groups in total. The maximum absolute atomic E-state index is 12.6. The number of hydrogen-bond donors (Lipinski definition) is 2. The number of anilines is 1. The van der Waals surface area contributed by atoms with Gasteiger partial charge < -0.3 is 10.3 Å². The summed E-state index contributed by atoms with van der Waals surface area (Å²) in [6.45, 7) is 2.09. The molecule has 0 aliphatic carbocycles. The normalized spacial score (nSPS) is 11.3. The van der Waals surface area contributed by atoms with Crippen LogP contribution in [0.15, 0.2) is 72.8 Å². The van der Waals surface area contributed by atoms with Gasteiger partial charge in [0.1, 0.15) is 0 Å². The standard InChI is InChI=1S/C28H23Cl2N3O/c1-17-9-11-25-23(13-17)22(6-4-8-27(34)31-21-15-19(29)14-20(30)16-21)28(33-25)26-12-10-18-5-2-3-7-24(18)32-26/h2-3,5,7,9-16,33H,4,6,8H2,1H3,(H,31,34). The molecule has 34 heavy (non-hydrogen) atoms. The third-order valence-electron chi connectivity index (χ3n) is 5.89. The Morgan fingerprint density at radius 3 is 2.59 bits per heavy atom. The van der Waals surface area contributed by atoms with Crippen molar-refractivity contribution in [1.29, 1.82) is 0 Å². The summed E-state index contributed by atoms with van der Waals surface area (Å²) in [6.07, 6.45) is 1.83. The Kier molecular flexibility index (Phi) is 6.27. The van der Waals surface area contributed by atoms with E-state index in [0.717, 1.165) is 34.2 Å². The average molecular weight is 488 g/mol. The van der Waals surface area contributed by atoms with Gasteiger partial charge in [-0.05, 0) is 67.8 Å². The molecule has 0 saturated carbocycles. The Morgan fingerprint density at radius 2 is 1.76 bits per heavy atom. The number of H-pyrrole nitrogens is 1. The zero-order chi connectivity index (χ0) is 23.7. The quantitative estimate of drug-likeness (QED) is 0.255. The van der Waals surface area contributed by atoms with Gasteiger partial charge in [-0.1, -0.05) is 59.1 Å². The van der Waals surface area contributed by atoms with E-state index in [2.05, 4.69) is 53.6 Å². The highest BCUT2D eigenvalue weighted by atomic mass is 35.5. The van der Waals surface area contributed by atoms with Crippen LogP contribution in [0.5, 0.6) is 0 Å². The van der Waals surface area contributed by atoms with Crippen molar-refractivity contribution in [2.75, 3.05) is 5.32 Å². The van der Waals surface area contributed by atoms with E-state index < -0.39 is 0 Å². The van der Waals surface area contributed by atoms with Crippen molar-refractivity contribution in [1.82, 2.24) is 9.97 Å². The van der Waals surface area contributed by atoms with Gasteiger partial charge in [-0.25, -0.2) is 4.98 Å². The summed E-state index contributed by atoms with van der Waals surface area (Å²) in [6, 6.07) is 23.7. The molecular weight excluding hydrogens is 465 g/mol. The summed E-state index contributed by atoms with van der Waals surface area (Å²) in [5, 5.41) is 6.15. The molecule has 0 radical (unpaired) electrons. The van der Waals surface area contributed by atoms with Gasteiger partial charge in [0.05, 0.1) is 16.9 Å². The lowest BCUT2D eigenvalue weighted by molar-refractivity contribution is -0.116. The van der Waals surface area contributed by atoms with Gasteiger partial charge in [-0.2, -0.15) is 0 Å². The summed E-state index contributed by atoms with van der Waals surface area (Å²) in [4.78, 5) is 21.0. The molecule has 0 unspecified atom stereocenters. The van der Waals surface area contributed by atoms with Crippen LogP contribution in [0.2, 0.25) is 10.0 Å².